The molecule has 10 heteroatoms. The fourth-order valence-electron chi connectivity index (χ4n) is 2.79. The van der Waals surface area contributed by atoms with E-state index in [1.54, 1.807) is 30.3 Å². The Bertz CT molecular complexity index is 1240. The summed E-state index contributed by atoms with van der Waals surface area (Å²) in [5, 5.41) is 2.92. The van der Waals surface area contributed by atoms with Gasteiger partial charge in [-0.15, -0.1) is 0 Å². The summed E-state index contributed by atoms with van der Waals surface area (Å²) in [6.07, 6.45) is -3.16. The second-order valence-electron chi connectivity index (χ2n) is 6.32. The minimum absolute atomic E-state index is 0.0157. The van der Waals surface area contributed by atoms with E-state index in [4.69, 9.17) is 27.6 Å². The van der Waals surface area contributed by atoms with Crippen molar-refractivity contribution in [2.75, 3.05) is 0 Å². The zero-order valence-corrected chi connectivity index (χ0v) is 17.7. The van der Waals surface area contributed by atoms with Crippen LogP contribution in [0.4, 0.5) is 18.9 Å². The first-order chi connectivity index (χ1) is 14.7. The largest absolute Gasteiger partial charge is 0.457 e. The highest BCUT2D eigenvalue weighted by Gasteiger charge is 2.34. The molecule has 0 radical (unpaired) electrons. The van der Waals surface area contributed by atoms with E-state index in [2.05, 4.69) is 10.3 Å². The zero-order chi connectivity index (χ0) is 22.2. The Morgan fingerprint density at radius 1 is 1.06 bits per heavy atom. The molecule has 0 bridgehead atoms. The Balaban J connectivity index is 1.60. The zero-order valence-electron chi connectivity index (χ0n) is 15.3. The highest BCUT2D eigenvalue weighted by molar-refractivity contribution is 8.18. The Labute approximate surface area is 188 Å². The molecular formula is C21H11Cl2F3N2O2S. The molecule has 4 nitrogen and oxygen atoms in total. The molecule has 1 saturated heterocycles. The number of amidine groups is 1. The summed E-state index contributed by atoms with van der Waals surface area (Å²) in [6.45, 7) is 0. The van der Waals surface area contributed by atoms with E-state index in [-0.39, 0.29) is 20.8 Å². The van der Waals surface area contributed by atoms with E-state index in [1.165, 1.54) is 12.1 Å². The van der Waals surface area contributed by atoms with Gasteiger partial charge in [0.2, 0.25) is 0 Å². The summed E-state index contributed by atoms with van der Waals surface area (Å²) in [4.78, 5) is 16.4. The number of furan rings is 1. The van der Waals surface area contributed by atoms with Crippen molar-refractivity contribution in [2.45, 2.75) is 6.18 Å². The lowest BCUT2D eigenvalue weighted by Crippen LogP contribution is -2.19. The van der Waals surface area contributed by atoms with E-state index in [1.807, 2.05) is 6.07 Å². The number of carbonyl (C=O) groups is 1. The molecule has 1 aromatic heterocycles. The van der Waals surface area contributed by atoms with Crippen LogP contribution < -0.4 is 5.32 Å². The molecular weight excluding hydrogens is 472 g/mol. The third kappa shape index (κ3) is 4.81. The second kappa shape index (κ2) is 8.45. The molecule has 1 N–H and O–H groups in total. The maximum atomic E-state index is 13.3. The number of aliphatic imine (C=N–C) groups is 1. The van der Waals surface area contributed by atoms with Gasteiger partial charge in [0.15, 0.2) is 5.17 Å². The number of rotatable bonds is 3. The van der Waals surface area contributed by atoms with Crippen molar-refractivity contribution >= 4 is 57.8 Å². The summed E-state index contributed by atoms with van der Waals surface area (Å²) < 4.78 is 45.5. The quantitative estimate of drug-likeness (QED) is 0.402. The van der Waals surface area contributed by atoms with Gasteiger partial charge in [0, 0.05) is 16.7 Å². The number of carbonyl (C=O) groups excluding carboxylic acids is 1. The van der Waals surface area contributed by atoms with E-state index in [0.29, 0.717) is 22.1 Å². The van der Waals surface area contributed by atoms with Crippen molar-refractivity contribution in [3.63, 3.8) is 0 Å². The van der Waals surface area contributed by atoms with E-state index < -0.39 is 17.6 Å². The van der Waals surface area contributed by atoms with Gasteiger partial charge in [0.25, 0.3) is 5.91 Å². The van der Waals surface area contributed by atoms with Crippen LogP contribution in [-0.2, 0) is 11.0 Å². The molecule has 1 fully saturated rings. The maximum Gasteiger partial charge on any atom is 0.418 e. The summed E-state index contributed by atoms with van der Waals surface area (Å²) in [5.74, 6) is 0.406. The average molecular weight is 483 g/mol. The van der Waals surface area contributed by atoms with Gasteiger partial charge in [-0.05, 0) is 54.2 Å². The Hall–Kier alpha value is -2.68. The number of thioether (sulfide) groups is 1. The number of hydrogen-bond acceptors (Lipinski definition) is 4. The lowest BCUT2D eigenvalue weighted by atomic mass is 10.2. The van der Waals surface area contributed by atoms with Crippen molar-refractivity contribution in [1.29, 1.82) is 0 Å². The van der Waals surface area contributed by atoms with Crippen LogP contribution in [0.1, 0.15) is 11.3 Å². The van der Waals surface area contributed by atoms with Crippen molar-refractivity contribution in [2.24, 2.45) is 4.99 Å². The fourth-order valence-corrected chi connectivity index (χ4v) is 4.00. The Morgan fingerprint density at radius 2 is 1.84 bits per heavy atom. The first kappa shape index (κ1) is 21.5. The smallest absolute Gasteiger partial charge is 0.418 e. The minimum Gasteiger partial charge on any atom is -0.457 e. The van der Waals surface area contributed by atoms with Crippen molar-refractivity contribution in [3.05, 3.63) is 80.9 Å². The van der Waals surface area contributed by atoms with Crippen LogP contribution in [0.5, 0.6) is 0 Å². The molecule has 2 aromatic carbocycles. The molecule has 31 heavy (non-hydrogen) atoms. The number of halogens is 5. The number of nitrogens with zero attached hydrogens (tertiary/aromatic N) is 1. The van der Waals surface area contributed by atoms with Crippen LogP contribution in [0.25, 0.3) is 17.4 Å². The first-order valence-electron chi connectivity index (χ1n) is 8.72. The van der Waals surface area contributed by atoms with Gasteiger partial charge < -0.3 is 9.73 Å². The topological polar surface area (TPSA) is 54.6 Å². The second-order valence-corrected chi connectivity index (χ2v) is 8.20. The molecule has 2 heterocycles. The van der Waals surface area contributed by atoms with Gasteiger partial charge in [-0.3, -0.25) is 4.79 Å². The van der Waals surface area contributed by atoms with Crippen molar-refractivity contribution in [3.8, 4) is 11.3 Å². The predicted molar refractivity (Wildman–Crippen MR) is 116 cm³/mol. The SMILES string of the molecule is O=C1NC(=Nc2ccc(Cl)cc2C(F)(F)F)S/C1=C/c1ccc(-c2ccccc2Cl)o1. The molecule has 1 aliphatic rings. The van der Waals surface area contributed by atoms with Crippen molar-refractivity contribution in [1.82, 2.24) is 5.32 Å². The predicted octanol–water partition coefficient (Wildman–Crippen LogP) is 7.16. The summed E-state index contributed by atoms with van der Waals surface area (Å²) >= 11 is 12.7. The molecule has 0 saturated carbocycles. The molecule has 3 aromatic rings. The van der Waals surface area contributed by atoms with Crippen LogP contribution in [0, 0.1) is 0 Å². The number of hydrogen-bond donors (Lipinski definition) is 1. The number of alkyl halides is 3. The number of nitrogens with one attached hydrogen (secondary N) is 1. The third-order valence-corrected chi connectivity index (χ3v) is 5.65. The van der Waals surface area contributed by atoms with Crippen LogP contribution >= 0.6 is 35.0 Å². The van der Waals surface area contributed by atoms with Gasteiger partial charge in [-0.1, -0.05) is 35.3 Å². The highest BCUT2D eigenvalue weighted by Crippen LogP contribution is 2.39. The lowest BCUT2D eigenvalue weighted by Gasteiger charge is -2.10. The van der Waals surface area contributed by atoms with Crippen LogP contribution in [0.2, 0.25) is 10.0 Å². The number of benzene rings is 2. The molecule has 0 atom stereocenters. The van der Waals surface area contributed by atoms with Gasteiger partial charge in [-0.2, -0.15) is 13.2 Å². The molecule has 4 rings (SSSR count). The van der Waals surface area contributed by atoms with Crippen LogP contribution in [0.3, 0.4) is 0 Å². The van der Waals surface area contributed by atoms with Gasteiger partial charge in [-0.25, -0.2) is 4.99 Å². The van der Waals surface area contributed by atoms with E-state index in [0.717, 1.165) is 23.9 Å². The minimum atomic E-state index is -4.64. The molecule has 158 valence electrons. The molecule has 0 spiro atoms. The van der Waals surface area contributed by atoms with Crippen molar-refractivity contribution < 1.29 is 22.4 Å². The normalized spacial score (nSPS) is 16.9. The lowest BCUT2D eigenvalue weighted by molar-refractivity contribution is -0.137. The van der Waals surface area contributed by atoms with Crippen LogP contribution in [0.15, 0.2) is 68.9 Å². The van der Waals surface area contributed by atoms with Gasteiger partial charge in [0.05, 0.1) is 21.2 Å². The molecule has 0 unspecified atom stereocenters. The average Bonchev–Trinajstić information content (AvgIpc) is 3.30. The number of amides is 1. The molecule has 1 amide bonds. The monoisotopic (exact) mass is 482 g/mol. The standard InChI is InChI=1S/C21H11Cl2F3N2O2S/c22-11-5-7-16(14(9-11)21(24,25)26)27-20-28-19(29)18(31-20)10-12-6-8-17(30-12)13-3-1-2-4-15(13)23/h1-10H,(H,27,28,29)/b18-10+. The fraction of sp³-hybridized carbons (Fsp3) is 0.0476. The third-order valence-electron chi connectivity index (χ3n) is 4.18. The Kier molecular flexibility index (Phi) is 5.88. The van der Waals surface area contributed by atoms with E-state index >= 15 is 0 Å². The van der Waals surface area contributed by atoms with Gasteiger partial charge >= 0.3 is 6.18 Å². The van der Waals surface area contributed by atoms with Gasteiger partial charge in [0.1, 0.15) is 11.5 Å². The molecule has 1 aliphatic heterocycles. The summed E-state index contributed by atoms with van der Waals surface area (Å²) in [5.41, 5.74) is -0.642. The first-order valence-corrected chi connectivity index (χ1v) is 10.3. The summed E-state index contributed by atoms with van der Waals surface area (Å²) in [7, 11) is 0. The highest BCUT2D eigenvalue weighted by atomic mass is 35.5. The maximum absolute atomic E-state index is 13.3. The molecule has 0 aliphatic carbocycles. The Morgan fingerprint density at radius 3 is 2.58 bits per heavy atom. The summed E-state index contributed by atoms with van der Waals surface area (Å²) in [6, 6.07) is 13.7. The van der Waals surface area contributed by atoms with Crippen LogP contribution in [-0.4, -0.2) is 11.1 Å². The van der Waals surface area contributed by atoms with E-state index in [9.17, 15) is 18.0 Å².